The van der Waals surface area contributed by atoms with Gasteiger partial charge in [0, 0.05) is 30.4 Å². The molecule has 2 nitrogen and oxygen atoms in total. The molecule has 3 unspecified atom stereocenters. The van der Waals surface area contributed by atoms with Crippen LogP contribution < -0.4 is 4.89 Å². The fourth-order valence-corrected chi connectivity index (χ4v) is 7.59. The largest absolute Gasteiger partial charge is 0.793 e. The van der Waals surface area contributed by atoms with Gasteiger partial charge in [-0.1, -0.05) is 78.0 Å². The van der Waals surface area contributed by atoms with Gasteiger partial charge in [-0.3, -0.25) is 0 Å². The molecular weight excluding hydrogens is 385 g/mol. The summed E-state index contributed by atoms with van der Waals surface area (Å²) in [7, 11) is 0. The third kappa shape index (κ3) is 13.9. The maximum absolute atomic E-state index is 12.6. The van der Waals surface area contributed by atoms with Crippen LogP contribution in [0.3, 0.4) is 0 Å². The zero-order chi connectivity index (χ0) is 16.1. The van der Waals surface area contributed by atoms with Crippen molar-refractivity contribution in [3.63, 3.8) is 0 Å². The monoisotopic (exact) mass is 417 g/mol. The zero-order valence-electron chi connectivity index (χ0n) is 15.0. The first kappa shape index (κ1) is 25.8. The maximum atomic E-state index is 12.6. The summed E-state index contributed by atoms with van der Waals surface area (Å²) < 4.78 is 5.81. The molecule has 130 valence electrons. The van der Waals surface area contributed by atoms with Crippen LogP contribution in [-0.2, 0) is 35.8 Å². The second-order valence-electron chi connectivity index (χ2n) is 5.71. The third-order valence-electron chi connectivity index (χ3n) is 3.73. The van der Waals surface area contributed by atoms with Gasteiger partial charge in [-0.25, -0.2) is 0 Å². The van der Waals surface area contributed by atoms with Gasteiger partial charge in [-0.15, -0.1) is 11.4 Å². The Hall–Kier alpha value is 1.54. The van der Waals surface area contributed by atoms with E-state index in [9.17, 15) is 4.89 Å². The Balaban J connectivity index is 0. The van der Waals surface area contributed by atoms with E-state index in [0.29, 0.717) is 5.25 Å². The number of hydrogen-bond acceptors (Lipinski definition) is 4. The van der Waals surface area contributed by atoms with Gasteiger partial charge in [0.05, 0.1) is 6.10 Å². The molecule has 0 rings (SSSR count). The van der Waals surface area contributed by atoms with E-state index in [0.717, 1.165) is 32.1 Å². The predicted octanol–water partition coefficient (Wildman–Crippen LogP) is 6.04. The molecule has 6 heteroatoms. The molecule has 0 aliphatic carbocycles. The van der Waals surface area contributed by atoms with E-state index < -0.39 is 5.69 Å². The summed E-state index contributed by atoms with van der Waals surface area (Å²) in [6.07, 6.45) is 11.3. The zero-order valence-corrected chi connectivity index (χ0v) is 20.5. The summed E-state index contributed by atoms with van der Waals surface area (Å²) in [6.45, 7) is 8.64. The van der Waals surface area contributed by atoms with Gasteiger partial charge >= 0.3 is 0 Å². The van der Waals surface area contributed by atoms with Crippen LogP contribution in [0.2, 0.25) is 0 Å². The van der Waals surface area contributed by atoms with Crippen molar-refractivity contribution >= 4 is 28.9 Å². The molecule has 0 aromatic carbocycles. The standard InChI is InChI=1S/C16H35O2PS2.Zn/c1-5-9-11-13-15(7-3)18-19(17,20)21-16(8-4)14-12-10-6-2;/h15-16H,5-14H2,1-4H3,(H,17,20);/p-1. The Morgan fingerprint density at radius 2 is 1.50 bits per heavy atom. The molecule has 0 amide bonds. The molecular formula is C16H34O2PS2Zn-. The Labute approximate surface area is 160 Å². The van der Waals surface area contributed by atoms with Crippen LogP contribution in [0.5, 0.6) is 0 Å². The van der Waals surface area contributed by atoms with E-state index in [4.69, 9.17) is 16.3 Å². The summed E-state index contributed by atoms with van der Waals surface area (Å²) in [5.74, 6) is 0. The molecule has 0 aromatic heterocycles. The van der Waals surface area contributed by atoms with Crippen molar-refractivity contribution in [1.29, 1.82) is 0 Å². The average Bonchev–Trinajstić information content (AvgIpc) is 2.45. The summed E-state index contributed by atoms with van der Waals surface area (Å²) in [4.78, 5) is 12.6. The number of unbranched alkanes of at least 4 members (excludes halogenated alkanes) is 4. The molecule has 3 atom stereocenters. The van der Waals surface area contributed by atoms with Crippen molar-refractivity contribution in [3.8, 4) is 0 Å². The van der Waals surface area contributed by atoms with Gasteiger partial charge in [-0.05, 0) is 25.7 Å². The van der Waals surface area contributed by atoms with Crippen molar-refractivity contribution in [2.45, 2.75) is 103 Å². The molecule has 0 aliphatic rings. The SMILES string of the molecule is CCCCCC(CC)OP([O-])(=S)SC(CC)CCCCC.[Zn]. The number of rotatable bonds is 14. The molecule has 0 N–H and O–H groups in total. The van der Waals surface area contributed by atoms with Crippen LogP contribution in [-0.4, -0.2) is 11.4 Å². The molecule has 0 saturated carbocycles. The third-order valence-corrected chi connectivity index (χ3v) is 8.37. The smallest absolute Gasteiger partial charge is 0.0620 e. The van der Waals surface area contributed by atoms with Crippen molar-refractivity contribution < 1.29 is 28.9 Å². The predicted molar refractivity (Wildman–Crippen MR) is 99.4 cm³/mol. The van der Waals surface area contributed by atoms with Crippen molar-refractivity contribution in [3.05, 3.63) is 0 Å². The first-order chi connectivity index (χ1) is 9.99. The van der Waals surface area contributed by atoms with Crippen LogP contribution in [0.15, 0.2) is 0 Å². The van der Waals surface area contributed by atoms with E-state index in [-0.39, 0.29) is 25.6 Å². The molecule has 22 heavy (non-hydrogen) atoms. The van der Waals surface area contributed by atoms with E-state index in [1.807, 2.05) is 0 Å². The molecule has 0 bridgehead atoms. The summed E-state index contributed by atoms with van der Waals surface area (Å²) >= 11 is 6.71. The molecule has 0 radical (unpaired) electrons. The topological polar surface area (TPSA) is 32.3 Å². The van der Waals surface area contributed by atoms with E-state index >= 15 is 0 Å². The van der Waals surface area contributed by atoms with E-state index in [1.54, 1.807) is 0 Å². The average molecular weight is 419 g/mol. The molecule has 0 spiro atoms. The van der Waals surface area contributed by atoms with E-state index in [1.165, 1.54) is 43.5 Å². The summed E-state index contributed by atoms with van der Waals surface area (Å²) in [5, 5.41) is 0.382. The molecule has 0 heterocycles. The minimum absolute atomic E-state index is 0. The van der Waals surface area contributed by atoms with Gasteiger partial charge in [0.15, 0.2) is 0 Å². The van der Waals surface area contributed by atoms with Crippen LogP contribution in [0.4, 0.5) is 0 Å². The minimum atomic E-state index is -2.94. The fraction of sp³-hybridized carbons (Fsp3) is 1.00. The first-order valence-corrected chi connectivity index (χ1v) is 12.8. The Bertz CT molecular complexity index is 269. The number of hydrogen-bond donors (Lipinski definition) is 0. The van der Waals surface area contributed by atoms with Gasteiger partial charge < -0.3 is 9.42 Å². The summed E-state index contributed by atoms with van der Waals surface area (Å²) in [5.41, 5.74) is -2.94. The normalized spacial score (nSPS) is 16.6. The van der Waals surface area contributed by atoms with E-state index in [2.05, 4.69) is 27.7 Å². The fourth-order valence-electron chi connectivity index (χ4n) is 2.30. The van der Waals surface area contributed by atoms with Gasteiger partial charge in [0.1, 0.15) is 0 Å². The second kappa shape index (κ2) is 16.0. The van der Waals surface area contributed by atoms with Gasteiger partial charge in [0.25, 0.3) is 0 Å². The van der Waals surface area contributed by atoms with Crippen LogP contribution in [0, 0.1) is 0 Å². The minimum Gasteiger partial charge on any atom is -0.793 e. The van der Waals surface area contributed by atoms with Crippen molar-refractivity contribution in [2.75, 3.05) is 0 Å². The van der Waals surface area contributed by atoms with Crippen LogP contribution in [0.25, 0.3) is 0 Å². The first-order valence-electron chi connectivity index (χ1n) is 8.66. The van der Waals surface area contributed by atoms with Crippen molar-refractivity contribution in [2.24, 2.45) is 0 Å². The molecule has 0 aliphatic heterocycles. The maximum Gasteiger partial charge on any atom is 0.0620 e. The van der Waals surface area contributed by atoms with Gasteiger partial charge in [-0.2, -0.15) is 0 Å². The molecule has 0 fully saturated rings. The molecule has 0 aromatic rings. The van der Waals surface area contributed by atoms with Crippen LogP contribution >= 0.6 is 17.1 Å². The Kier molecular flexibility index (Phi) is 18.8. The van der Waals surface area contributed by atoms with Crippen LogP contribution in [0.1, 0.15) is 91.9 Å². The summed E-state index contributed by atoms with van der Waals surface area (Å²) in [6, 6.07) is 0. The van der Waals surface area contributed by atoms with Gasteiger partial charge in [0.2, 0.25) is 0 Å². The quantitative estimate of drug-likeness (QED) is 0.196. The Morgan fingerprint density at radius 3 is 1.95 bits per heavy atom. The molecule has 0 saturated heterocycles. The van der Waals surface area contributed by atoms with Crippen molar-refractivity contribution in [1.82, 2.24) is 0 Å². The Morgan fingerprint density at radius 1 is 0.955 bits per heavy atom. The second-order valence-corrected chi connectivity index (χ2v) is 11.9.